The average Bonchev–Trinajstić information content (AvgIpc) is 2.80. The number of aromatic nitrogens is 1. The summed E-state index contributed by atoms with van der Waals surface area (Å²) in [6, 6.07) is 16.1. The summed E-state index contributed by atoms with van der Waals surface area (Å²) in [6.07, 6.45) is 1.84. The van der Waals surface area contributed by atoms with Crippen LogP contribution in [0, 0.1) is 0 Å². The third-order valence-electron chi connectivity index (χ3n) is 2.50. The van der Waals surface area contributed by atoms with Crippen LogP contribution in [0.25, 0.3) is 10.2 Å². The Hall–Kier alpha value is -1.52. The summed E-state index contributed by atoms with van der Waals surface area (Å²) in [6.45, 7) is 0. The molecule has 0 atom stereocenters. The van der Waals surface area contributed by atoms with Gasteiger partial charge in [-0.05, 0) is 18.2 Å². The first-order valence-electron chi connectivity index (χ1n) is 5.47. The number of thiazole rings is 1. The molecule has 0 radical (unpaired) electrons. The van der Waals surface area contributed by atoms with Crippen molar-refractivity contribution < 1.29 is 0 Å². The highest BCUT2D eigenvalue weighted by Gasteiger charge is 2.00. The molecule has 3 rings (SSSR count). The van der Waals surface area contributed by atoms with Crippen LogP contribution in [0.15, 0.2) is 58.0 Å². The van der Waals surface area contributed by atoms with Crippen molar-refractivity contribution in [2.45, 2.75) is 0 Å². The third kappa shape index (κ3) is 2.35. The largest absolute Gasteiger partial charge is 0.227 e. The molecule has 0 saturated carbocycles. The maximum Gasteiger partial charge on any atom is 0.210 e. The van der Waals surface area contributed by atoms with Crippen molar-refractivity contribution >= 4 is 48.8 Å². The van der Waals surface area contributed by atoms with E-state index in [2.05, 4.69) is 32.0 Å². The van der Waals surface area contributed by atoms with Gasteiger partial charge in [0.2, 0.25) is 5.13 Å². The summed E-state index contributed by atoms with van der Waals surface area (Å²) in [5.74, 6) is 0. The Bertz CT molecular complexity index is 685. The molecule has 0 aliphatic heterocycles. The molecule has 4 heteroatoms. The molecule has 3 aromatic rings. The van der Waals surface area contributed by atoms with Gasteiger partial charge in [0.25, 0.3) is 0 Å². The van der Waals surface area contributed by atoms with Gasteiger partial charge in [-0.3, -0.25) is 0 Å². The van der Waals surface area contributed by atoms with Crippen molar-refractivity contribution in [3.8, 4) is 0 Å². The molecule has 0 unspecified atom stereocenters. The van der Waals surface area contributed by atoms with Gasteiger partial charge in [-0.1, -0.05) is 57.6 Å². The van der Waals surface area contributed by atoms with E-state index >= 15 is 0 Å². The molecule has 1 heterocycles. The van der Waals surface area contributed by atoms with Crippen molar-refractivity contribution in [2.75, 3.05) is 0 Å². The first kappa shape index (κ1) is 11.6. The van der Waals surface area contributed by atoms with Crippen molar-refractivity contribution in [2.24, 2.45) is 4.99 Å². The SMILES string of the molecule is Brc1ccccc1/C=N/c1nc2ccccc2s1. The highest BCUT2D eigenvalue weighted by atomic mass is 79.9. The van der Waals surface area contributed by atoms with Gasteiger partial charge in [0.1, 0.15) is 0 Å². The van der Waals surface area contributed by atoms with Crippen LogP contribution in [0.2, 0.25) is 0 Å². The lowest BCUT2D eigenvalue weighted by molar-refractivity contribution is 1.41. The standard InChI is InChI=1S/C14H9BrN2S/c15-11-6-2-1-5-10(11)9-16-14-17-12-7-3-4-8-13(12)18-14/h1-9H/b16-9+. The molecule has 0 amide bonds. The Morgan fingerprint density at radius 3 is 2.67 bits per heavy atom. The van der Waals surface area contributed by atoms with E-state index in [1.165, 1.54) is 0 Å². The minimum Gasteiger partial charge on any atom is -0.227 e. The molecule has 0 aliphatic carbocycles. The second-order valence-corrected chi connectivity index (χ2v) is 5.61. The number of para-hydroxylation sites is 1. The fraction of sp³-hybridized carbons (Fsp3) is 0. The normalized spacial score (nSPS) is 11.4. The summed E-state index contributed by atoms with van der Waals surface area (Å²) in [7, 11) is 0. The smallest absolute Gasteiger partial charge is 0.210 e. The highest BCUT2D eigenvalue weighted by Crippen LogP contribution is 2.27. The Labute approximate surface area is 117 Å². The Kier molecular flexibility index (Phi) is 3.21. The molecule has 0 aliphatic rings. The quantitative estimate of drug-likeness (QED) is 0.623. The third-order valence-corrected chi connectivity index (χ3v) is 4.17. The molecule has 2 nitrogen and oxygen atoms in total. The molecule has 0 saturated heterocycles. The highest BCUT2D eigenvalue weighted by molar-refractivity contribution is 9.10. The van der Waals surface area contributed by atoms with Gasteiger partial charge in [0, 0.05) is 16.3 Å². The molecule has 18 heavy (non-hydrogen) atoms. The maximum atomic E-state index is 4.46. The van der Waals surface area contributed by atoms with Crippen molar-refractivity contribution in [1.82, 2.24) is 4.98 Å². The minimum atomic E-state index is 0.784. The molecular weight excluding hydrogens is 308 g/mol. The molecule has 0 bridgehead atoms. The van der Waals surface area contributed by atoms with E-state index in [1.54, 1.807) is 11.3 Å². The van der Waals surface area contributed by atoms with Crippen LogP contribution < -0.4 is 0 Å². The first-order chi connectivity index (χ1) is 8.83. The summed E-state index contributed by atoms with van der Waals surface area (Å²) >= 11 is 5.09. The van der Waals surface area contributed by atoms with Crippen LogP contribution in [0.1, 0.15) is 5.56 Å². The Morgan fingerprint density at radius 1 is 1.06 bits per heavy atom. The van der Waals surface area contributed by atoms with Gasteiger partial charge in [0.15, 0.2) is 0 Å². The molecule has 0 fully saturated rings. The van der Waals surface area contributed by atoms with E-state index in [0.717, 1.165) is 25.4 Å². The summed E-state index contributed by atoms with van der Waals surface area (Å²) in [5.41, 5.74) is 2.05. The monoisotopic (exact) mass is 316 g/mol. The predicted molar refractivity (Wildman–Crippen MR) is 81.0 cm³/mol. The van der Waals surface area contributed by atoms with Gasteiger partial charge in [-0.25, -0.2) is 9.98 Å². The Balaban J connectivity index is 1.95. The van der Waals surface area contributed by atoms with E-state index in [1.807, 2.05) is 48.7 Å². The Morgan fingerprint density at radius 2 is 1.83 bits per heavy atom. The van der Waals surface area contributed by atoms with E-state index in [9.17, 15) is 0 Å². The second kappa shape index (κ2) is 5.00. The number of hydrogen-bond acceptors (Lipinski definition) is 3. The summed E-state index contributed by atoms with van der Waals surface area (Å²) in [5, 5.41) is 0.784. The van der Waals surface area contributed by atoms with Gasteiger partial charge in [-0.2, -0.15) is 0 Å². The predicted octanol–water partition coefficient (Wildman–Crippen LogP) is 4.81. The molecular formula is C14H9BrN2S. The van der Waals surface area contributed by atoms with E-state index in [-0.39, 0.29) is 0 Å². The van der Waals surface area contributed by atoms with E-state index in [0.29, 0.717) is 0 Å². The van der Waals surface area contributed by atoms with Crippen molar-refractivity contribution in [1.29, 1.82) is 0 Å². The fourth-order valence-corrected chi connectivity index (χ4v) is 2.82. The van der Waals surface area contributed by atoms with Crippen LogP contribution >= 0.6 is 27.3 Å². The average molecular weight is 317 g/mol. The molecule has 2 aromatic carbocycles. The first-order valence-corrected chi connectivity index (χ1v) is 7.08. The van der Waals surface area contributed by atoms with Crippen molar-refractivity contribution in [3.63, 3.8) is 0 Å². The zero-order valence-electron chi connectivity index (χ0n) is 9.38. The number of rotatable bonds is 2. The molecule has 0 spiro atoms. The zero-order valence-corrected chi connectivity index (χ0v) is 11.8. The lowest BCUT2D eigenvalue weighted by Crippen LogP contribution is -1.81. The van der Waals surface area contributed by atoms with E-state index < -0.39 is 0 Å². The number of nitrogens with zero attached hydrogens (tertiary/aromatic N) is 2. The van der Waals surface area contributed by atoms with E-state index in [4.69, 9.17) is 0 Å². The number of aliphatic imine (C=N–C) groups is 1. The lowest BCUT2D eigenvalue weighted by atomic mass is 10.2. The number of halogens is 1. The van der Waals surface area contributed by atoms with Crippen LogP contribution in [-0.2, 0) is 0 Å². The number of benzene rings is 2. The van der Waals surface area contributed by atoms with Crippen LogP contribution in [0.3, 0.4) is 0 Å². The number of fused-ring (bicyclic) bond motifs is 1. The molecule has 1 aromatic heterocycles. The topological polar surface area (TPSA) is 25.2 Å². The van der Waals surface area contributed by atoms with Crippen LogP contribution in [-0.4, -0.2) is 11.2 Å². The zero-order chi connectivity index (χ0) is 12.4. The van der Waals surface area contributed by atoms with Crippen molar-refractivity contribution in [3.05, 3.63) is 58.6 Å². The number of hydrogen-bond donors (Lipinski definition) is 0. The summed E-state index contributed by atoms with van der Waals surface area (Å²) < 4.78 is 2.20. The van der Waals surface area contributed by atoms with Crippen LogP contribution in [0.4, 0.5) is 5.13 Å². The van der Waals surface area contributed by atoms with Gasteiger partial charge < -0.3 is 0 Å². The minimum absolute atomic E-state index is 0.784. The fourth-order valence-electron chi connectivity index (χ4n) is 1.62. The molecule has 88 valence electrons. The van der Waals surface area contributed by atoms with Gasteiger partial charge in [0.05, 0.1) is 10.2 Å². The second-order valence-electron chi connectivity index (χ2n) is 3.74. The lowest BCUT2D eigenvalue weighted by Gasteiger charge is -1.94. The van der Waals surface area contributed by atoms with Crippen LogP contribution in [0.5, 0.6) is 0 Å². The maximum absolute atomic E-state index is 4.46. The van der Waals surface area contributed by atoms with Gasteiger partial charge in [-0.15, -0.1) is 0 Å². The molecule has 0 N–H and O–H groups in total. The summed E-state index contributed by atoms with van der Waals surface area (Å²) in [4.78, 5) is 8.89. The van der Waals surface area contributed by atoms with Gasteiger partial charge >= 0.3 is 0 Å².